The fourth-order valence-corrected chi connectivity index (χ4v) is 3.75. The van der Waals surface area contributed by atoms with Crippen molar-refractivity contribution in [1.29, 1.82) is 0 Å². The molecule has 1 saturated carbocycles. The zero-order chi connectivity index (χ0) is 13.9. The van der Waals surface area contributed by atoms with Gasteiger partial charge >= 0.3 is 0 Å². The highest BCUT2D eigenvalue weighted by Crippen LogP contribution is 2.27. The van der Waals surface area contributed by atoms with Crippen LogP contribution >= 0.6 is 12.4 Å². The average molecular weight is 326 g/mol. The Morgan fingerprint density at radius 3 is 2.45 bits per heavy atom. The number of nitrogens with one attached hydrogen (secondary N) is 1. The third-order valence-corrected chi connectivity index (χ3v) is 5.65. The summed E-state index contributed by atoms with van der Waals surface area (Å²) in [6.07, 6.45) is 4.78. The Hall–Kier alpha value is -0.370. The molecule has 0 aromatic carbocycles. The Morgan fingerprint density at radius 2 is 1.90 bits per heavy atom. The highest BCUT2D eigenvalue weighted by Gasteiger charge is 2.35. The first-order chi connectivity index (χ1) is 9.00. The minimum atomic E-state index is -3.11. The molecule has 1 aliphatic carbocycles. The maximum Gasteiger partial charge on any atom is 0.239 e. The molecule has 118 valence electrons. The summed E-state index contributed by atoms with van der Waals surface area (Å²) < 4.78 is 25.7. The minimum absolute atomic E-state index is 0. The third kappa shape index (κ3) is 4.87. The molecule has 1 heterocycles. The summed E-state index contributed by atoms with van der Waals surface area (Å²) >= 11 is 0. The molecule has 8 heteroatoms. The first kappa shape index (κ1) is 17.7. The molecular formula is C12H24ClN3O3S. The standard InChI is InChI=1S/C12H23N3O3S.ClH/c13-11(12(16)15-8-1-2-9-15)4-3-7-14-19(17,18)10-5-6-10;/h10-11,14H,1-9,13H2;1H. The van der Waals surface area contributed by atoms with Crippen LogP contribution in [-0.2, 0) is 14.8 Å². The van der Waals surface area contributed by atoms with E-state index in [1.54, 1.807) is 4.90 Å². The number of halogens is 1. The van der Waals surface area contributed by atoms with Crippen molar-refractivity contribution < 1.29 is 13.2 Å². The normalized spacial score (nSPS) is 20.6. The number of carbonyl (C=O) groups is 1. The van der Waals surface area contributed by atoms with E-state index in [-0.39, 0.29) is 23.6 Å². The number of sulfonamides is 1. The quantitative estimate of drug-likeness (QED) is 0.655. The number of hydrogen-bond acceptors (Lipinski definition) is 4. The summed E-state index contributed by atoms with van der Waals surface area (Å²) in [6.45, 7) is 1.99. The predicted molar refractivity (Wildman–Crippen MR) is 80.2 cm³/mol. The molecule has 1 aliphatic heterocycles. The van der Waals surface area contributed by atoms with Crippen LogP contribution in [0.3, 0.4) is 0 Å². The van der Waals surface area contributed by atoms with Gasteiger partial charge in [0.2, 0.25) is 15.9 Å². The van der Waals surface area contributed by atoms with Crippen molar-refractivity contribution in [3.05, 3.63) is 0 Å². The van der Waals surface area contributed by atoms with Crippen LogP contribution in [0.15, 0.2) is 0 Å². The van der Waals surface area contributed by atoms with Gasteiger partial charge in [-0.15, -0.1) is 12.4 Å². The number of hydrogen-bond donors (Lipinski definition) is 2. The van der Waals surface area contributed by atoms with Gasteiger partial charge in [-0.05, 0) is 38.5 Å². The van der Waals surface area contributed by atoms with Crippen LogP contribution in [0.4, 0.5) is 0 Å². The smallest absolute Gasteiger partial charge is 0.239 e. The third-order valence-electron chi connectivity index (χ3n) is 3.69. The van der Waals surface area contributed by atoms with Crippen LogP contribution in [0.25, 0.3) is 0 Å². The first-order valence-corrected chi connectivity index (χ1v) is 8.58. The van der Waals surface area contributed by atoms with Crippen LogP contribution in [0.2, 0.25) is 0 Å². The van der Waals surface area contributed by atoms with Crippen LogP contribution in [0.5, 0.6) is 0 Å². The van der Waals surface area contributed by atoms with Crippen LogP contribution in [0, 0.1) is 0 Å². The van der Waals surface area contributed by atoms with Crippen molar-refractivity contribution >= 4 is 28.3 Å². The van der Waals surface area contributed by atoms with E-state index < -0.39 is 16.1 Å². The zero-order valence-corrected chi connectivity index (χ0v) is 13.2. The van der Waals surface area contributed by atoms with Crippen molar-refractivity contribution in [2.24, 2.45) is 5.73 Å². The van der Waals surface area contributed by atoms with E-state index in [2.05, 4.69) is 4.72 Å². The first-order valence-electron chi connectivity index (χ1n) is 7.03. The van der Waals surface area contributed by atoms with Crippen molar-refractivity contribution in [3.63, 3.8) is 0 Å². The molecule has 2 aliphatic rings. The Bertz CT molecular complexity index is 420. The van der Waals surface area contributed by atoms with E-state index in [1.165, 1.54) is 0 Å². The predicted octanol–water partition coefficient (Wildman–Crippen LogP) is 0.220. The van der Waals surface area contributed by atoms with Gasteiger partial charge in [0.25, 0.3) is 0 Å². The van der Waals surface area contributed by atoms with E-state index in [0.29, 0.717) is 19.4 Å². The summed E-state index contributed by atoms with van der Waals surface area (Å²) in [6, 6.07) is -0.497. The Morgan fingerprint density at radius 1 is 1.30 bits per heavy atom. The number of nitrogens with two attached hydrogens (primary N) is 1. The van der Waals surface area contributed by atoms with Gasteiger partial charge in [-0.25, -0.2) is 13.1 Å². The van der Waals surface area contributed by atoms with Gasteiger partial charge in [-0.2, -0.15) is 0 Å². The van der Waals surface area contributed by atoms with Crippen LogP contribution < -0.4 is 10.5 Å². The van der Waals surface area contributed by atoms with Gasteiger partial charge in [0, 0.05) is 19.6 Å². The number of amides is 1. The summed E-state index contributed by atoms with van der Waals surface area (Å²) in [4.78, 5) is 13.7. The lowest BCUT2D eigenvalue weighted by atomic mass is 10.1. The molecule has 1 amide bonds. The lowest BCUT2D eigenvalue weighted by Crippen LogP contribution is -2.42. The lowest BCUT2D eigenvalue weighted by molar-refractivity contribution is -0.131. The zero-order valence-electron chi connectivity index (χ0n) is 11.6. The van der Waals surface area contributed by atoms with Gasteiger partial charge in [0.1, 0.15) is 0 Å². The molecule has 0 bridgehead atoms. The Labute approximate surface area is 126 Å². The Balaban J connectivity index is 0.00000200. The molecule has 0 radical (unpaired) electrons. The number of likely N-dealkylation sites (tertiary alicyclic amines) is 1. The maximum atomic E-state index is 11.9. The van der Waals surface area contributed by atoms with Crippen LogP contribution in [-0.4, -0.2) is 50.2 Å². The Kier molecular flexibility index (Phi) is 6.71. The van der Waals surface area contributed by atoms with Crippen molar-refractivity contribution in [3.8, 4) is 0 Å². The SMILES string of the molecule is Cl.NC(CCCNS(=O)(=O)C1CC1)C(=O)N1CCCC1. The van der Waals surface area contributed by atoms with Gasteiger partial charge in [-0.1, -0.05) is 0 Å². The highest BCUT2D eigenvalue weighted by molar-refractivity contribution is 7.90. The highest BCUT2D eigenvalue weighted by atomic mass is 35.5. The van der Waals surface area contributed by atoms with Gasteiger partial charge in [0.05, 0.1) is 11.3 Å². The molecule has 20 heavy (non-hydrogen) atoms. The number of carbonyl (C=O) groups excluding carboxylic acids is 1. The second kappa shape index (κ2) is 7.59. The monoisotopic (exact) mass is 325 g/mol. The second-order valence-electron chi connectivity index (χ2n) is 5.42. The molecule has 0 aromatic rings. The van der Waals surface area contributed by atoms with E-state index in [1.807, 2.05) is 0 Å². The van der Waals surface area contributed by atoms with Crippen molar-refractivity contribution in [1.82, 2.24) is 9.62 Å². The fraction of sp³-hybridized carbons (Fsp3) is 0.917. The number of rotatable bonds is 7. The van der Waals surface area contributed by atoms with Crippen molar-refractivity contribution in [2.45, 2.75) is 49.8 Å². The molecular weight excluding hydrogens is 302 g/mol. The molecule has 2 fully saturated rings. The molecule has 2 rings (SSSR count). The fourth-order valence-electron chi connectivity index (χ4n) is 2.33. The average Bonchev–Trinajstić information content (AvgIpc) is 3.11. The van der Waals surface area contributed by atoms with E-state index in [9.17, 15) is 13.2 Å². The van der Waals surface area contributed by atoms with E-state index in [4.69, 9.17) is 5.73 Å². The van der Waals surface area contributed by atoms with E-state index in [0.717, 1.165) is 38.8 Å². The molecule has 1 unspecified atom stereocenters. The van der Waals surface area contributed by atoms with Gasteiger partial charge in [-0.3, -0.25) is 4.79 Å². The largest absolute Gasteiger partial charge is 0.341 e. The van der Waals surface area contributed by atoms with E-state index >= 15 is 0 Å². The number of nitrogens with zero attached hydrogens (tertiary/aromatic N) is 1. The summed E-state index contributed by atoms with van der Waals surface area (Å²) in [7, 11) is -3.11. The molecule has 6 nitrogen and oxygen atoms in total. The minimum Gasteiger partial charge on any atom is -0.341 e. The topological polar surface area (TPSA) is 92.5 Å². The maximum absolute atomic E-state index is 11.9. The van der Waals surface area contributed by atoms with Gasteiger partial charge < -0.3 is 10.6 Å². The second-order valence-corrected chi connectivity index (χ2v) is 7.47. The van der Waals surface area contributed by atoms with Gasteiger partial charge in [0.15, 0.2) is 0 Å². The summed E-state index contributed by atoms with van der Waals surface area (Å²) in [5.74, 6) is 0.00236. The van der Waals surface area contributed by atoms with Crippen molar-refractivity contribution in [2.75, 3.05) is 19.6 Å². The molecule has 3 N–H and O–H groups in total. The summed E-state index contributed by atoms with van der Waals surface area (Å²) in [5, 5.41) is -0.188. The molecule has 1 atom stereocenters. The van der Waals surface area contributed by atoms with Crippen LogP contribution in [0.1, 0.15) is 38.5 Å². The molecule has 0 spiro atoms. The molecule has 1 saturated heterocycles. The molecule has 0 aromatic heterocycles. The lowest BCUT2D eigenvalue weighted by Gasteiger charge is -2.20. The summed E-state index contributed by atoms with van der Waals surface area (Å²) in [5.41, 5.74) is 5.85.